The number of anilines is 1. The van der Waals surface area contributed by atoms with Gasteiger partial charge in [-0.2, -0.15) is 0 Å². The van der Waals surface area contributed by atoms with Gasteiger partial charge >= 0.3 is 5.97 Å². The number of carboxylic acids is 1. The van der Waals surface area contributed by atoms with E-state index in [0.29, 0.717) is 24.0 Å². The molecule has 0 fully saturated rings. The van der Waals surface area contributed by atoms with Gasteiger partial charge in [0.1, 0.15) is 6.04 Å². The molecule has 0 aliphatic carbocycles. The summed E-state index contributed by atoms with van der Waals surface area (Å²) in [4.78, 5) is 14.8. The first-order valence-electron chi connectivity index (χ1n) is 5.33. The van der Waals surface area contributed by atoms with Crippen molar-refractivity contribution in [3.05, 3.63) is 11.1 Å². The Bertz CT molecular complexity index is 369. The molecule has 96 valence electrons. The number of carboxylic acid groups (broad SMARTS) is 1. The van der Waals surface area contributed by atoms with E-state index < -0.39 is 12.0 Å². The van der Waals surface area contributed by atoms with E-state index in [-0.39, 0.29) is 6.10 Å². The Balaban J connectivity index is 2.48. The fourth-order valence-corrected chi connectivity index (χ4v) is 1.97. The van der Waals surface area contributed by atoms with Crippen LogP contribution in [0.4, 0.5) is 5.13 Å². The standard InChI is InChI=1S/C10H17N3O3S/c1-3-16-6(2)4-12-10-13-7(5-17-10)8(11)9(14)15/h5-6,8H,3-4,11H2,1-2H3,(H,12,13)(H,14,15). The number of nitrogens with zero attached hydrogens (tertiary/aromatic N) is 1. The third kappa shape index (κ3) is 4.29. The molecule has 17 heavy (non-hydrogen) atoms. The monoisotopic (exact) mass is 259 g/mol. The maximum Gasteiger partial charge on any atom is 0.326 e. The minimum Gasteiger partial charge on any atom is -0.480 e. The average Bonchev–Trinajstić information content (AvgIpc) is 2.74. The second-order valence-electron chi connectivity index (χ2n) is 3.54. The molecule has 2 unspecified atom stereocenters. The Morgan fingerprint density at radius 2 is 2.47 bits per heavy atom. The smallest absolute Gasteiger partial charge is 0.326 e. The molecule has 1 aromatic heterocycles. The van der Waals surface area contributed by atoms with Crippen LogP contribution < -0.4 is 11.1 Å². The zero-order valence-corrected chi connectivity index (χ0v) is 10.7. The van der Waals surface area contributed by atoms with Gasteiger partial charge in [0.15, 0.2) is 5.13 Å². The lowest BCUT2D eigenvalue weighted by Crippen LogP contribution is -2.21. The van der Waals surface area contributed by atoms with Gasteiger partial charge in [-0.3, -0.25) is 4.79 Å². The molecule has 1 rings (SSSR count). The highest BCUT2D eigenvalue weighted by Gasteiger charge is 2.17. The maximum absolute atomic E-state index is 10.7. The molecule has 0 amide bonds. The zero-order chi connectivity index (χ0) is 12.8. The second-order valence-corrected chi connectivity index (χ2v) is 4.40. The lowest BCUT2D eigenvalue weighted by molar-refractivity contribution is -0.138. The zero-order valence-electron chi connectivity index (χ0n) is 9.84. The van der Waals surface area contributed by atoms with Gasteiger partial charge in [-0.15, -0.1) is 11.3 Å². The summed E-state index contributed by atoms with van der Waals surface area (Å²) in [6.07, 6.45) is 0.0838. The Hall–Kier alpha value is -1.18. The van der Waals surface area contributed by atoms with Crippen molar-refractivity contribution in [2.45, 2.75) is 26.0 Å². The Morgan fingerprint density at radius 1 is 1.76 bits per heavy atom. The number of hydrogen-bond acceptors (Lipinski definition) is 6. The van der Waals surface area contributed by atoms with E-state index in [1.807, 2.05) is 13.8 Å². The molecule has 1 aromatic rings. The summed E-state index contributed by atoms with van der Waals surface area (Å²) in [5, 5.41) is 14.1. The maximum atomic E-state index is 10.7. The quantitative estimate of drug-likeness (QED) is 0.677. The van der Waals surface area contributed by atoms with E-state index in [0.717, 1.165) is 0 Å². The molecular formula is C10H17N3O3S. The molecule has 0 radical (unpaired) electrons. The largest absolute Gasteiger partial charge is 0.480 e. The van der Waals surface area contributed by atoms with Crippen LogP contribution in [0.3, 0.4) is 0 Å². The molecule has 7 heteroatoms. The van der Waals surface area contributed by atoms with E-state index in [1.165, 1.54) is 11.3 Å². The second kappa shape index (κ2) is 6.53. The molecule has 6 nitrogen and oxygen atoms in total. The molecule has 0 saturated carbocycles. The molecule has 0 spiro atoms. The van der Waals surface area contributed by atoms with E-state index in [1.54, 1.807) is 5.38 Å². The van der Waals surface area contributed by atoms with Crippen molar-refractivity contribution in [2.75, 3.05) is 18.5 Å². The molecule has 2 atom stereocenters. The van der Waals surface area contributed by atoms with Crippen molar-refractivity contribution < 1.29 is 14.6 Å². The predicted molar refractivity (Wildman–Crippen MR) is 66.3 cm³/mol. The van der Waals surface area contributed by atoms with Crippen molar-refractivity contribution in [2.24, 2.45) is 5.73 Å². The predicted octanol–water partition coefficient (Wildman–Crippen LogP) is 1.06. The van der Waals surface area contributed by atoms with Crippen LogP contribution >= 0.6 is 11.3 Å². The fourth-order valence-electron chi connectivity index (χ4n) is 1.21. The highest BCUT2D eigenvalue weighted by molar-refractivity contribution is 7.13. The van der Waals surface area contributed by atoms with E-state index in [2.05, 4.69) is 10.3 Å². The van der Waals surface area contributed by atoms with Crippen molar-refractivity contribution in [1.29, 1.82) is 0 Å². The number of ether oxygens (including phenoxy) is 1. The van der Waals surface area contributed by atoms with E-state index in [4.69, 9.17) is 15.6 Å². The van der Waals surface area contributed by atoms with Crippen molar-refractivity contribution in [1.82, 2.24) is 4.98 Å². The molecule has 0 aliphatic heterocycles. The van der Waals surface area contributed by atoms with E-state index >= 15 is 0 Å². The number of nitrogens with one attached hydrogen (secondary N) is 1. The Morgan fingerprint density at radius 3 is 3.06 bits per heavy atom. The fraction of sp³-hybridized carbons (Fsp3) is 0.600. The van der Waals surface area contributed by atoms with Gasteiger partial charge in [0, 0.05) is 18.5 Å². The summed E-state index contributed by atoms with van der Waals surface area (Å²) in [5.74, 6) is -1.08. The lowest BCUT2D eigenvalue weighted by Gasteiger charge is -2.11. The lowest BCUT2D eigenvalue weighted by atomic mass is 10.2. The number of aliphatic carboxylic acids is 1. The highest BCUT2D eigenvalue weighted by Crippen LogP contribution is 2.19. The summed E-state index contributed by atoms with van der Waals surface area (Å²) >= 11 is 1.33. The minimum atomic E-state index is -1.08. The third-order valence-electron chi connectivity index (χ3n) is 2.10. The number of thiazole rings is 1. The topological polar surface area (TPSA) is 97.5 Å². The van der Waals surface area contributed by atoms with Gasteiger partial charge in [0.25, 0.3) is 0 Å². The number of aromatic nitrogens is 1. The first kappa shape index (κ1) is 13.9. The summed E-state index contributed by atoms with van der Waals surface area (Å²) in [6, 6.07) is -1.06. The summed E-state index contributed by atoms with van der Waals surface area (Å²) in [5.41, 5.74) is 5.82. The van der Waals surface area contributed by atoms with Crippen molar-refractivity contribution in [3.8, 4) is 0 Å². The highest BCUT2D eigenvalue weighted by atomic mass is 32.1. The molecule has 0 bridgehead atoms. The first-order valence-corrected chi connectivity index (χ1v) is 6.21. The minimum absolute atomic E-state index is 0.0838. The van der Waals surface area contributed by atoms with E-state index in [9.17, 15) is 4.79 Å². The van der Waals surface area contributed by atoms with Crippen LogP contribution in [0, 0.1) is 0 Å². The van der Waals surface area contributed by atoms with Crippen LogP contribution in [-0.4, -0.2) is 35.3 Å². The number of hydrogen-bond donors (Lipinski definition) is 3. The average molecular weight is 259 g/mol. The normalized spacial score (nSPS) is 14.3. The summed E-state index contributed by atoms with van der Waals surface area (Å²) in [7, 11) is 0. The Labute approximate surface area is 104 Å². The van der Waals surface area contributed by atoms with Crippen molar-refractivity contribution in [3.63, 3.8) is 0 Å². The van der Waals surface area contributed by atoms with Crippen LogP contribution in [0.25, 0.3) is 0 Å². The summed E-state index contributed by atoms with van der Waals surface area (Å²) in [6.45, 7) is 5.18. The van der Waals surface area contributed by atoms with Crippen LogP contribution in [-0.2, 0) is 9.53 Å². The molecule has 0 saturated heterocycles. The summed E-state index contributed by atoms with van der Waals surface area (Å²) < 4.78 is 5.35. The van der Waals surface area contributed by atoms with Gasteiger partial charge in [-0.25, -0.2) is 4.98 Å². The van der Waals surface area contributed by atoms with Crippen LogP contribution in [0.2, 0.25) is 0 Å². The van der Waals surface area contributed by atoms with Crippen molar-refractivity contribution >= 4 is 22.4 Å². The van der Waals surface area contributed by atoms with Gasteiger partial charge in [-0.05, 0) is 13.8 Å². The number of carbonyl (C=O) groups is 1. The van der Waals surface area contributed by atoms with Gasteiger partial charge in [-0.1, -0.05) is 0 Å². The molecule has 0 aromatic carbocycles. The third-order valence-corrected chi connectivity index (χ3v) is 2.92. The van der Waals surface area contributed by atoms with Crippen LogP contribution in [0.15, 0.2) is 5.38 Å². The van der Waals surface area contributed by atoms with Gasteiger partial charge in [0.05, 0.1) is 11.8 Å². The first-order chi connectivity index (χ1) is 8.04. The van der Waals surface area contributed by atoms with Gasteiger partial charge < -0.3 is 20.9 Å². The number of nitrogens with two attached hydrogens (primary N) is 1. The molecule has 1 heterocycles. The molecular weight excluding hydrogens is 242 g/mol. The van der Waals surface area contributed by atoms with Crippen LogP contribution in [0.1, 0.15) is 25.6 Å². The SMILES string of the molecule is CCOC(C)CNc1nc(C(N)C(=O)O)cs1. The molecule has 4 N–H and O–H groups in total. The molecule has 0 aliphatic rings. The Kier molecular flexibility index (Phi) is 5.33. The van der Waals surface area contributed by atoms with Gasteiger partial charge in [0.2, 0.25) is 0 Å². The number of rotatable bonds is 7. The van der Waals surface area contributed by atoms with Crippen LogP contribution in [0.5, 0.6) is 0 Å².